The van der Waals surface area contributed by atoms with E-state index in [0.29, 0.717) is 30.1 Å². The highest BCUT2D eigenvalue weighted by Gasteiger charge is 2.56. The van der Waals surface area contributed by atoms with Crippen LogP contribution in [0, 0.1) is 11.2 Å². The lowest BCUT2D eigenvalue weighted by atomic mass is 9.85. The van der Waals surface area contributed by atoms with Crippen molar-refractivity contribution in [2.75, 3.05) is 7.05 Å². The van der Waals surface area contributed by atoms with E-state index in [1.54, 1.807) is 13.1 Å². The summed E-state index contributed by atoms with van der Waals surface area (Å²) in [5.74, 6) is -0.311. The van der Waals surface area contributed by atoms with Crippen molar-refractivity contribution in [2.24, 2.45) is 5.41 Å². The largest absolute Gasteiger partial charge is 0.473 e. The van der Waals surface area contributed by atoms with Crippen molar-refractivity contribution in [2.45, 2.75) is 51.6 Å². The van der Waals surface area contributed by atoms with Crippen molar-refractivity contribution in [3.8, 4) is 5.88 Å². The number of hydrogen-bond acceptors (Lipinski definition) is 3. The van der Waals surface area contributed by atoms with Crippen LogP contribution in [0.1, 0.15) is 36.9 Å². The number of nitrogens with zero attached hydrogens (tertiary/aromatic N) is 2. The van der Waals surface area contributed by atoms with Crippen molar-refractivity contribution in [1.82, 2.24) is 15.1 Å². The molecular formula is C19H23Cl2F4N3O. The van der Waals surface area contributed by atoms with E-state index < -0.39 is 17.4 Å². The van der Waals surface area contributed by atoms with Crippen LogP contribution in [-0.2, 0) is 19.7 Å². The fourth-order valence-corrected chi connectivity index (χ4v) is 3.82. The smallest absolute Gasteiger partial charge is 0.396 e. The maximum Gasteiger partial charge on any atom is 0.396 e. The van der Waals surface area contributed by atoms with Crippen LogP contribution in [0.15, 0.2) is 24.3 Å². The molecular weight excluding hydrogens is 433 g/mol. The molecule has 0 bridgehead atoms. The molecule has 0 atom stereocenters. The third kappa shape index (κ3) is 5.35. The minimum atomic E-state index is -4.32. The molecule has 1 N–H and O–H groups in total. The molecule has 162 valence electrons. The number of ether oxygens (including phenoxy) is 1. The Balaban J connectivity index is 0.00000300. The van der Waals surface area contributed by atoms with E-state index in [9.17, 15) is 17.6 Å². The summed E-state index contributed by atoms with van der Waals surface area (Å²) in [5.41, 5.74) is -1.03. The highest BCUT2D eigenvalue weighted by atomic mass is 35.5. The molecule has 0 unspecified atom stereocenters. The highest BCUT2D eigenvalue weighted by Crippen LogP contribution is 2.51. The Kier molecular flexibility index (Phi) is 7.81. The van der Waals surface area contributed by atoms with Gasteiger partial charge in [0.15, 0.2) is 0 Å². The number of aromatic nitrogens is 2. The zero-order valence-electron chi connectivity index (χ0n) is 15.9. The molecule has 1 saturated carbocycles. The molecule has 1 aliphatic rings. The maximum atomic E-state index is 13.9. The van der Waals surface area contributed by atoms with E-state index in [1.165, 1.54) is 22.9 Å². The van der Waals surface area contributed by atoms with Crippen LogP contribution in [0.3, 0.4) is 0 Å². The monoisotopic (exact) mass is 455 g/mol. The van der Waals surface area contributed by atoms with E-state index in [0.717, 1.165) is 0 Å². The zero-order valence-corrected chi connectivity index (χ0v) is 17.4. The van der Waals surface area contributed by atoms with Gasteiger partial charge in [-0.1, -0.05) is 24.4 Å². The highest BCUT2D eigenvalue weighted by molar-refractivity contribution is 6.30. The molecule has 0 radical (unpaired) electrons. The van der Waals surface area contributed by atoms with Crippen molar-refractivity contribution < 1.29 is 22.3 Å². The molecule has 1 aliphatic carbocycles. The van der Waals surface area contributed by atoms with Crippen LogP contribution in [0.25, 0.3) is 0 Å². The van der Waals surface area contributed by atoms with Gasteiger partial charge in [-0.3, -0.25) is 0 Å². The summed E-state index contributed by atoms with van der Waals surface area (Å²) in [6.45, 7) is -0.0857. The van der Waals surface area contributed by atoms with Crippen molar-refractivity contribution in [1.29, 1.82) is 0 Å². The molecule has 0 saturated heterocycles. The third-order valence-corrected chi connectivity index (χ3v) is 5.38. The Morgan fingerprint density at radius 3 is 2.55 bits per heavy atom. The molecule has 10 heteroatoms. The second-order valence-corrected chi connectivity index (χ2v) is 7.61. The first-order chi connectivity index (χ1) is 13.2. The van der Waals surface area contributed by atoms with E-state index >= 15 is 0 Å². The maximum absolute atomic E-state index is 13.9. The van der Waals surface area contributed by atoms with Gasteiger partial charge in [-0.05, 0) is 38.1 Å². The van der Waals surface area contributed by atoms with Crippen LogP contribution in [0.2, 0.25) is 5.02 Å². The van der Waals surface area contributed by atoms with Gasteiger partial charge < -0.3 is 10.1 Å². The number of nitrogens with one attached hydrogen (secondary N) is 1. The summed E-state index contributed by atoms with van der Waals surface area (Å²) in [6.07, 6.45) is -3.11. The van der Waals surface area contributed by atoms with Gasteiger partial charge in [0, 0.05) is 23.2 Å². The van der Waals surface area contributed by atoms with Gasteiger partial charge in [0.05, 0.1) is 17.7 Å². The van der Waals surface area contributed by atoms with Gasteiger partial charge in [-0.2, -0.15) is 18.3 Å². The van der Waals surface area contributed by atoms with Crippen LogP contribution >= 0.6 is 24.0 Å². The molecule has 0 aliphatic heterocycles. The second-order valence-electron chi connectivity index (χ2n) is 7.17. The number of benzene rings is 1. The first kappa shape index (κ1) is 23.8. The first-order valence-corrected chi connectivity index (χ1v) is 9.47. The summed E-state index contributed by atoms with van der Waals surface area (Å²) in [7, 11) is 1.72. The van der Waals surface area contributed by atoms with Gasteiger partial charge in [0.1, 0.15) is 12.4 Å². The molecule has 1 fully saturated rings. The quantitative estimate of drug-likeness (QED) is 0.558. The number of halogens is 6. The Labute approximate surface area is 178 Å². The average molecular weight is 456 g/mol. The second kappa shape index (κ2) is 9.53. The summed E-state index contributed by atoms with van der Waals surface area (Å²) in [4.78, 5) is 0. The SMILES string of the molecule is CNCc1cc(OCc2cc(Cl)ccc2F)n(CC2(C(F)(F)F)CCCC2)n1.Cl. The molecule has 29 heavy (non-hydrogen) atoms. The van der Waals surface area contributed by atoms with Crippen LogP contribution < -0.4 is 10.1 Å². The lowest BCUT2D eigenvalue weighted by Gasteiger charge is -2.31. The number of alkyl halides is 3. The summed E-state index contributed by atoms with van der Waals surface area (Å²) in [5, 5.41) is 7.55. The fraction of sp³-hybridized carbons (Fsp3) is 0.526. The summed E-state index contributed by atoms with van der Waals surface area (Å²) in [6, 6.07) is 5.66. The van der Waals surface area contributed by atoms with Gasteiger partial charge in [0.25, 0.3) is 0 Å². The molecule has 1 aromatic heterocycles. The van der Waals surface area contributed by atoms with E-state index in [2.05, 4.69) is 10.4 Å². The predicted molar refractivity (Wildman–Crippen MR) is 105 cm³/mol. The Hall–Kier alpha value is -1.51. The summed E-state index contributed by atoms with van der Waals surface area (Å²) < 4.78 is 62.2. The molecule has 2 aromatic rings. The van der Waals surface area contributed by atoms with Gasteiger partial charge in [-0.15, -0.1) is 12.4 Å². The number of rotatable bonds is 7. The molecule has 0 spiro atoms. The van der Waals surface area contributed by atoms with Crippen LogP contribution in [0.5, 0.6) is 5.88 Å². The molecule has 1 aromatic carbocycles. The molecule has 4 nitrogen and oxygen atoms in total. The summed E-state index contributed by atoms with van der Waals surface area (Å²) >= 11 is 5.88. The van der Waals surface area contributed by atoms with Gasteiger partial charge in [-0.25, -0.2) is 9.07 Å². The predicted octanol–water partition coefficient (Wildman–Crippen LogP) is 5.52. The lowest BCUT2D eigenvalue weighted by Crippen LogP contribution is -2.39. The van der Waals surface area contributed by atoms with Crippen molar-refractivity contribution in [3.63, 3.8) is 0 Å². The molecule has 0 amide bonds. The van der Waals surface area contributed by atoms with E-state index in [1.807, 2.05) is 0 Å². The van der Waals surface area contributed by atoms with Crippen LogP contribution in [-0.4, -0.2) is 23.0 Å². The minimum absolute atomic E-state index is 0. The fourth-order valence-electron chi connectivity index (χ4n) is 3.62. The zero-order chi connectivity index (χ0) is 20.4. The van der Waals surface area contributed by atoms with E-state index in [-0.39, 0.29) is 49.8 Å². The average Bonchev–Trinajstić information content (AvgIpc) is 3.24. The molecule has 1 heterocycles. The Morgan fingerprint density at radius 1 is 1.24 bits per heavy atom. The third-order valence-electron chi connectivity index (χ3n) is 5.15. The van der Waals surface area contributed by atoms with Gasteiger partial charge in [0.2, 0.25) is 5.88 Å². The topological polar surface area (TPSA) is 39.1 Å². The van der Waals surface area contributed by atoms with Gasteiger partial charge >= 0.3 is 6.18 Å². The Bertz CT molecular complexity index is 820. The lowest BCUT2D eigenvalue weighted by molar-refractivity contribution is -0.228. The van der Waals surface area contributed by atoms with Crippen molar-refractivity contribution >= 4 is 24.0 Å². The van der Waals surface area contributed by atoms with E-state index in [4.69, 9.17) is 16.3 Å². The first-order valence-electron chi connectivity index (χ1n) is 9.09. The van der Waals surface area contributed by atoms with Crippen molar-refractivity contribution in [3.05, 3.63) is 46.4 Å². The van der Waals surface area contributed by atoms with Crippen LogP contribution in [0.4, 0.5) is 17.6 Å². The molecule has 3 rings (SSSR count). The Morgan fingerprint density at radius 2 is 1.93 bits per heavy atom. The minimum Gasteiger partial charge on any atom is -0.473 e. The standard InChI is InChI=1S/C19H22ClF4N3O.ClH/c1-25-10-15-9-17(28-11-13-8-14(20)4-5-16(13)21)27(26-15)12-18(19(22,23)24)6-2-3-7-18;/h4-5,8-9,25H,2-3,6-7,10-12H2,1H3;1H. The normalized spacial score (nSPS) is 15.9. The number of hydrogen-bond donors (Lipinski definition) is 1.